The Bertz CT molecular complexity index is 327. The van der Waals surface area contributed by atoms with Crippen LogP contribution in [-0.2, 0) is 4.79 Å². The maximum Gasteiger partial charge on any atom is 0.221 e. The molecule has 0 unspecified atom stereocenters. The van der Waals surface area contributed by atoms with E-state index in [0.717, 1.165) is 0 Å². The zero-order valence-electron chi connectivity index (χ0n) is 11.4. The maximum atomic E-state index is 10.7. The van der Waals surface area contributed by atoms with E-state index in [1.807, 2.05) is 27.7 Å². The molecule has 0 aliphatic carbocycles. The van der Waals surface area contributed by atoms with E-state index in [1.165, 1.54) is 6.92 Å². The number of methoxy groups -OCH3 is 1. The molecule has 0 spiro atoms. The van der Waals surface area contributed by atoms with Crippen molar-refractivity contribution in [2.24, 2.45) is 0 Å². The molecule has 0 atom stereocenters. The minimum Gasteiger partial charge on any atom is -0.497 e. The van der Waals surface area contributed by atoms with E-state index in [9.17, 15) is 4.79 Å². The highest BCUT2D eigenvalue weighted by Crippen LogP contribution is 2.26. The lowest BCUT2D eigenvalue weighted by Gasteiger charge is -2.06. The SMILES string of the molecule is CC.CC.COc1ccc(NC(C)=O)c(Cl)c1. The zero-order chi connectivity index (χ0) is 13.8. The fourth-order valence-corrected chi connectivity index (χ4v) is 1.13. The van der Waals surface area contributed by atoms with Crippen molar-refractivity contribution in [2.75, 3.05) is 12.4 Å². The number of hydrogen-bond acceptors (Lipinski definition) is 2. The predicted molar refractivity (Wildman–Crippen MR) is 75.0 cm³/mol. The van der Waals surface area contributed by atoms with E-state index >= 15 is 0 Å². The second kappa shape index (κ2) is 11.3. The zero-order valence-corrected chi connectivity index (χ0v) is 12.2. The molecule has 0 aliphatic rings. The van der Waals surface area contributed by atoms with Crippen LogP contribution in [0.5, 0.6) is 5.75 Å². The van der Waals surface area contributed by atoms with Gasteiger partial charge in [-0.3, -0.25) is 4.79 Å². The first-order chi connectivity index (χ1) is 8.13. The average molecular weight is 260 g/mol. The van der Waals surface area contributed by atoms with Gasteiger partial charge >= 0.3 is 0 Å². The first kappa shape index (κ1) is 18.2. The van der Waals surface area contributed by atoms with Crippen LogP contribution in [0.1, 0.15) is 34.6 Å². The Morgan fingerprint density at radius 2 is 1.76 bits per heavy atom. The molecule has 17 heavy (non-hydrogen) atoms. The molecule has 0 heterocycles. The van der Waals surface area contributed by atoms with Crippen molar-refractivity contribution >= 4 is 23.2 Å². The molecule has 0 fully saturated rings. The molecular weight excluding hydrogens is 238 g/mol. The van der Waals surface area contributed by atoms with Gasteiger partial charge in [0.2, 0.25) is 5.91 Å². The number of halogens is 1. The summed E-state index contributed by atoms with van der Waals surface area (Å²) < 4.78 is 4.96. The number of hydrogen-bond donors (Lipinski definition) is 1. The summed E-state index contributed by atoms with van der Waals surface area (Å²) in [4.78, 5) is 10.7. The van der Waals surface area contributed by atoms with Crippen LogP contribution in [0.3, 0.4) is 0 Å². The molecular formula is C13H22ClNO2. The van der Waals surface area contributed by atoms with Gasteiger partial charge in [-0.05, 0) is 12.1 Å². The smallest absolute Gasteiger partial charge is 0.221 e. The van der Waals surface area contributed by atoms with Crippen LogP contribution in [0.15, 0.2) is 18.2 Å². The minimum absolute atomic E-state index is 0.146. The van der Waals surface area contributed by atoms with Gasteiger partial charge in [0.05, 0.1) is 17.8 Å². The largest absolute Gasteiger partial charge is 0.497 e. The number of carbonyl (C=O) groups excluding carboxylic acids is 1. The number of rotatable bonds is 2. The minimum atomic E-state index is -0.146. The molecule has 0 saturated carbocycles. The van der Waals surface area contributed by atoms with Gasteiger partial charge < -0.3 is 10.1 Å². The van der Waals surface area contributed by atoms with Gasteiger partial charge in [-0.25, -0.2) is 0 Å². The Balaban J connectivity index is 0. The Hall–Kier alpha value is -1.22. The molecule has 1 aromatic rings. The number of benzene rings is 1. The van der Waals surface area contributed by atoms with Gasteiger partial charge in [0.1, 0.15) is 5.75 Å². The predicted octanol–water partition coefficient (Wildman–Crippen LogP) is 4.36. The lowest BCUT2D eigenvalue weighted by atomic mass is 10.3. The summed E-state index contributed by atoms with van der Waals surface area (Å²) >= 11 is 5.86. The van der Waals surface area contributed by atoms with Gasteiger partial charge in [0.25, 0.3) is 0 Å². The van der Waals surface area contributed by atoms with Crippen molar-refractivity contribution in [3.63, 3.8) is 0 Å². The summed E-state index contributed by atoms with van der Waals surface area (Å²) in [5, 5.41) is 3.07. The molecule has 0 saturated heterocycles. The molecule has 1 amide bonds. The van der Waals surface area contributed by atoms with Crippen LogP contribution in [0.25, 0.3) is 0 Å². The summed E-state index contributed by atoms with van der Waals surface area (Å²) in [6.07, 6.45) is 0. The van der Waals surface area contributed by atoms with Crippen LogP contribution in [0, 0.1) is 0 Å². The number of amides is 1. The van der Waals surface area contributed by atoms with E-state index in [2.05, 4.69) is 5.32 Å². The topological polar surface area (TPSA) is 38.3 Å². The van der Waals surface area contributed by atoms with Gasteiger partial charge in [-0.1, -0.05) is 39.3 Å². The highest BCUT2D eigenvalue weighted by Gasteiger charge is 2.02. The van der Waals surface area contributed by atoms with Gasteiger partial charge in [-0.2, -0.15) is 0 Å². The molecule has 1 aromatic carbocycles. The highest BCUT2D eigenvalue weighted by molar-refractivity contribution is 6.33. The van der Waals surface area contributed by atoms with Crippen LogP contribution < -0.4 is 10.1 Å². The number of ether oxygens (including phenoxy) is 1. The summed E-state index contributed by atoms with van der Waals surface area (Å²) in [7, 11) is 1.56. The molecule has 0 aliphatic heterocycles. The van der Waals surface area contributed by atoms with Gasteiger partial charge in [0, 0.05) is 13.0 Å². The first-order valence-electron chi connectivity index (χ1n) is 5.74. The van der Waals surface area contributed by atoms with Crippen molar-refractivity contribution < 1.29 is 9.53 Å². The standard InChI is InChI=1S/C9H10ClNO2.2C2H6/c1-6(12)11-9-4-3-7(13-2)5-8(9)10;2*1-2/h3-5H,1-2H3,(H,11,12);2*1-2H3. The fraction of sp³-hybridized carbons (Fsp3) is 0.462. The molecule has 4 heteroatoms. The molecule has 3 nitrogen and oxygen atoms in total. The Labute approximate surface area is 109 Å². The third-order valence-corrected chi connectivity index (χ3v) is 1.80. The summed E-state index contributed by atoms with van der Waals surface area (Å²) in [6.45, 7) is 9.43. The second-order valence-corrected chi connectivity index (χ2v) is 2.93. The monoisotopic (exact) mass is 259 g/mol. The molecule has 98 valence electrons. The van der Waals surface area contributed by atoms with Crippen LogP contribution in [-0.4, -0.2) is 13.0 Å². The van der Waals surface area contributed by atoms with E-state index in [1.54, 1.807) is 25.3 Å². The number of anilines is 1. The van der Waals surface area contributed by atoms with Crippen molar-refractivity contribution in [3.05, 3.63) is 23.2 Å². The molecule has 1 rings (SSSR count). The normalized spacial score (nSPS) is 7.94. The molecule has 0 aromatic heterocycles. The first-order valence-corrected chi connectivity index (χ1v) is 6.12. The molecule has 0 radical (unpaired) electrons. The Morgan fingerprint density at radius 3 is 2.12 bits per heavy atom. The second-order valence-electron chi connectivity index (χ2n) is 2.53. The van der Waals surface area contributed by atoms with Crippen molar-refractivity contribution in [1.82, 2.24) is 0 Å². The Morgan fingerprint density at radius 1 is 1.24 bits per heavy atom. The number of carbonyl (C=O) groups is 1. The average Bonchev–Trinajstić information content (AvgIpc) is 2.36. The van der Waals surface area contributed by atoms with Gasteiger partial charge in [0.15, 0.2) is 0 Å². The summed E-state index contributed by atoms with van der Waals surface area (Å²) in [5.74, 6) is 0.520. The molecule has 1 N–H and O–H groups in total. The van der Waals surface area contributed by atoms with Crippen molar-refractivity contribution in [2.45, 2.75) is 34.6 Å². The fourth-order valence-electron chi connectivity index (χ4n) is 0.914. The van der Waals surface area contributed by atoms with Crippen LogP contribution >= 0.6 is 11.6 Å². The summed E-state index contributed by atoms with van der Waals surface area (Å²) in [6, 6.07) is 5.08. The Kier molecular flexibility index (Phi) is 12.0. The molecule has 0 bridgehead atoms. The lowest BCUT2D eigenvalue weighted by molar-refractivity contribution is -0.114. The summed E-state index contributed by atoms with van der Waals surface area (Å²) in [5.41, 5.74) is 0.593. The van der Waals surface area contributed by atoms with Crippen molar-refractivity contribution in [1.29, 1.82) is 0 Å². The van der Waals surface area contributed by atoms with E-state index in [0.29, 0.717) is 16.5 Å². The van der Waals surface area contributed by atoms with Crippen molar-refractivity contribution in [3.8, 4) is 5.75 Å². The van der Waals surface area contributed by atoms with Gasteiger partial charge in [-0.15, -0.1) is 0 Å². The third-order valence-electron chi connectivity index (χ3n) is 1.49. The van der Waals surface area contributed by atoms with E-state index in [4.69, 9.17) is 16.3 Å². The highest BCUT2D eigenvalue weighted by atomic mass is 35.5. The van der Waals surface area contributed by atoms with E-state index in [-0.39, 0.29) is 5.91 Å². The third kappa shape index (κ3) is 7.64. The number of nitrogens with one attached hydrogen (secondary N) is 1. The maximum absolute atomic E-state index is 10.7. The lowest BCUT2D eigenvalue weighted by Crippen LogP contribution is -2.05. The quantitative estimate of drug-likeness (QED) is 0.857. The van der Waals surface area contributed by atoms with Crippen LogP contribution in [0.2, 0.25) is 5.02 Å². The van der Waals surface area contributed by atoms with E-state index < -0.39 is 0 Å². The van der Waals surface area contributed by atoms with Crippen LogP contribution in [0.4, 0.5) is 5.69 Å².